The Morgan fingerprint density at radius 2 is 1.45 bits per heavy atom. The van der Waals surface area contributed by atoms with Gasteiger partial charge >= 0.3 is 12.0 Å². The number of likely N-dealkylation sites (tertiary alicyclic amines) is 2. The summed E-state index contributed by atoms with van der Waals surface area (Å²) in [6.45, 7) is 4.21. The second-order valence-electron chi connectivity index (χ2n) is 11.5. The number of urea groups is 1. The third-order valence-corrected chi connectivity index (χ3v) is 7.87. The van der Waals surface area contributed by atoms with Crippen LogP contribution in [0.5, 0.6) is 0 Å². The van der Waals surface area contributed by atoms with E-state index in [-0.39, 0.29) is 44.6 Å². The van der Waals surface area contributed by atoms with Gasteiger partial charge in [-0.25, -0.2) is 9.59 Å². The number of amides is 4. The monoisotopic (exact) mass is 604 g/mol. The van der Waals surface area contributed by atoms with Crippen molar-refractivity contribution >= 4 is 35.4 Å². The number of ether oxygens (including phenoxy) is 1. The minimum atomic E-state index is -1.07. The highest BCUT2D eigenvalue weighted by Crippen LogP contribution is 2.24. The molecule has 0 aromatic heterocycles. The number of piperidine rings is 1. The molecule has 234 valence electrons. The summed E-state index contributed by atoms with van der Waals surface area (Å²) in [5.74, 6) is -2.92. The second-order valence-corrected chi connectivity index (χ2v) is 11.5. The zero-order valence-corrected chi connectivity index (χ0v) is 25.2. The van der Waals surface area contributed by atoms with Crippen LogP contribution in [-0.4, -0.2) is 89.0 Å². The third-order valence-electron chi connectivity index (χ3n) is 7.87. The highest BCUT2D eigenvalue weighted by molar-refractivity contribution is 6.35. The number of esters is 1. The molecule has 0 aliphatic carbocycles. The number of benzene rings is 2. The SMILES string of the molecule is CC(C)OC(=O)C(=O)[C@H](Cc1ccccc1)N1CCC[C@H]1C(=O)NC(=O)[C@H](Cc1ccccc1)NC(=O)N1CCC(=O)CC1. The molecule has 2 N–H and O–H groups in total. The molecule has 11 nitrogen and oxygen atoms in total. The molecule has 0 unspecified atom stereocenters. The number of ketones is 2. The molecule has 0 bridgehead atoms. The van der Waals surface area contributed by atoms with Crippen molar-refractivity contribution in [1.82, 2.24) is 20.4 Å². The number of imide groups is 1. The highest BCUT2D eigenvalue weighted by atomic mass is 16.5. The summed E-state index contributed by atoms with van der Waals surface area (Å²) in [6, 6.07) is 15.0. The van der Waals surface area contributed by atoms with Gasteiger partial charge in [0, 0.05) is 32.4 Å². The van der Waals surface area contributed by atoms with Gasteiger partial charge in [0.1, 0.15) is 11.8 Å². The average Bonchev–Trinajstić information content (AvgIpc) is 3.50. The van der Waals surface area contributed by atoms with E-state index < -0.39 is 53.8 Å². The van der Waals surface area contributed by atoms with Gasteiger partial charge in [0.15, 0.2) is 0 Å². The molecule has 2 aliphatic rings. The summed E-state index contributed by atoms with van der Waals surface area (Å²) >= 11 is 0. The number of carbonyl (C=O) groups is 6. The normalized spacial score (nSPS) is 18.4. The fourth-order valence-corrected chi connectivity index (χ4v) is 5.60. The number of Topliss-reactive ketones (excluding diaryl/α,β-unsaturated/α-hetero) is 2. The second kappa shape index (κ2) is 15.4. The zero-order valence-electron chi connectivity index (χ0n) is 25.2. The molecule has 11 heteroatoms. The van der Waals surface area contributed by atoms with E-state index in [1.54, 1.807) is 18.7 Å². The number of nitrogens with zero attached hydrogens (tertiary/aromatic N) is 2. The summed E-state index contributed by atoms with van der Waals surface area (Å²) < 4.78 is 5.20. The fraction of sp³-hybridized carbons (Fsp3) is 0.455. The van der Waals surface area contributed by atoms with Crippen molar-refractivity contribution in [2.75, 3.05) is 19.6 Å². The maximum atomic E-state index is 13.6. The first-order valence-corrected chi connectivity index (χ1v) is 15.1. The lowest BCUT2D eigenvalue weighted by molar-refractivity contribution is -0.159. The molecule has 2 saturated heterocycles. The smallest absolute Gasteiger partial charge is 0.376 e. The van der Waals surface area contributed by atoms with Gasteiger partial charge in [0.05, 0.1) is 18.2 Å². The molecular formula is C33H40N4O7. The molecule has 0 radical (unpaired) electrons. The van der Waals surface area contributed by atoms with Gasteiger partial charge < -0.3 is 15.0 Å². The van der Waals surface area contributed by atoms with E-state index in [0.29, 0.717) is 19.4 Å². The molecule has 4 amide bonds. The Morgan fingerprint density at radius 1 is 0.864 bits per heavy atom. The fourth-order valence-electron chi connectivity index (χ4n) is 5.60. The number of rotatable bonds is 11. The molecule has 44 heavy (non-hydrogen) atoms. The van der Waals surface area contributed by atoms with Gasteiger partial charge in [-0.3, -0.25) is 29.4 Å². The van der Waals surface area contributed by atoms with Crippen molar-refractivity contribution < 1.29 is 33.5 Å². The summed E-state index contributed by atoms with van der Waals surface area (Å²) in [7, 11) is 0. The van der Waals surface area contributed by atoms with Crippen LogP contribution in [0, 0.1) is 0 Å². The first-order valence-electron chi connectivity index (χ1n) is 15.1. The van der Waals surface area contributed by atoms with Crippen molar-refractivity contribution in [3.63, 3.8) is 0 Å². The minimum absolute atomic E-state index is 0.0841. The van der Waals surface area contributed by atoms with Gasteiger partial charge in [-0.2, -0.15) is 0 Å². The summed E-state index contributed by atoms with van der Waals surface area (Å²) in [5, 5.41) is 5.22. The van der Waals surface area contributed by atoms with E-state index in [1.807, 2.05) is 60.7 Å². The molecule has 2 aromatic carbocycles. The Bertz CT molecular complexity index is 1340. The van der Waals surface area contributed by atoms with Crippen LogP contribution in [0.2, 0.25) is 0 Å². The highest BCUT2D eigenvalue weighted by Gasteiger charge is 2.42. The zero-order chi connectivity index (χ0) is 31.6. The largest absolute Gasteiger partial charge is 0.457 e. The molecule has 2 fully saturated rings. The Kier molecular flexibility index (Phi) is 11.4. The van der Waals surface area contributed by atoms with Crippen LogP contribution < -0.4 is 10.6 Å². The van der Waals surface area contributed by atoms with Crippen LogP contribution in [0.4, 0.5) is 4.79 Å². The van der Waals surface area contributed by atoms with E-state index >= 15 is 0 Å². The van der Waals surface area contributed by atoms with E-state index in [2.05, 4.69) is 10.6 Å². The number of hydrogen-bond donors (Lipinski definition) is 2. The first kappa shape index (κ1) is 32.5. The van der Waals surface area contributed by atoms with Crippen molar-refractivity contribution in [2.45, 2.75) is 76.6 Å². The van der Waals surface area contributed by atoms with Crippen LogP contribution in [0.3, 0.4) is 0 Å². The molecule has 2 heterocycles. The number of hydrogen-bond acceptors (Lipinski definition) is 8. The standard InChI is InChI=1S/C33H40N4O7/c1-22(2)44-32(42)29(39)28(21-24-12-7-4-8-13-24)37-17-9-14-27(37)31(41)35-30(40)26(20-23-10-5-3-6-11-23)34-33(43)36-18-15-25(38)16-19-36/h3-8,10-13,22,26-28H,9,14-21H2,1-2H3,(H,34,43)(H,35,40,41)/t26-,27-,28-/m0/s1. The molecule has 4 rings (SSSR count). The van der Waals surface area contributed by atoms with E-state index in [0.717, 1.165) is 11.1 Å². The van der Waals surface area contributed by atoms with Crippen molar-refractivity contribution in [3.8, 4) is 0 Å². The number of carbonyl (C=O) groups excluding carboxylic acids is 6. The molecule has 0 spiro atoms. The van der Waals surface area contributed by atoms with Crippen molar-refractivity contribution in [3.05, 3.63) is 71.8 Å². The van der Waals surface area contributed by atoms with E-state index in [9.17, 15) is 28.8 Å². The van der Waals surface area contributed by atoms with Crippen molar-refractivity contribution in [2.24, 2.45) is 0 Å². The molecule has 2 aliphatic heterocycles. The third kappa shape index (κ3) is 8.82. The predicted molar refractivity (Wildman–Crippen MR) is 161 cm³/mol. The van der Waals surface area contributed by atoms with Crippen LogP contribution in [-0.2, 0) is 41.6 Å². The average molecular weight is 605 g/mol. The van der Waals surface area contributed by atoms with Gasteiger partial charge in [-0.1, -0.05) is 60.7 Å². The maximum absolute atomic E-state index is 13.6. The molecular weight excluding hydrogens is 564 g/mol. The summed E-state index contributed by atoms with van der Waals surface area (Å²) in [4.78, 5) is 81.1. The Morgan fingerprint density at radius 3 is 2.05 bits per heavy atom. The Labute approximate surface area is 257 Å². The quantitative estimate of drug-likeness (QED) is 0.294. The van der Waals surface area contributed by atoms with Crippen LogP contribution in [0.15, 0.2) is 60.7 Å². The van der Waals surface area contributed by atoms with Gasteiger partial charge in [0.2, 0.25) is 11.8 Å². The topological polar surface area (TPSA) is 142 Å². The Hall–Kier alpha value is -4.38. The van der Waals surface area contributed by atoms with E-state index in [4.69, 9.17) is 4.74 Å². The van der Waals surface area contributed by atoms with Gasteiger partial charge in [-0.15, -0.1) is 0 Å². The molecule has 3 atom stereocenters. The van der Waals surface area contributed by atoms with Crippen LogP contribution in [0.25, 0.3) is 0 Å². The lowest BCUT2D eigenvalue weighted by Gasteiger charge is -2.31. The Balaban J connectivity index is 1.50. The van der Waals surface area contributed by atoms with Crippen LogP contribution in [0.1, 0.15) is 50.7 Å². The lowest BCUT2D eigenvalue weighted by Crippen LogP contribution is -2.58. The molecule has 0 saturated carbocycles. The molecule has 2 aromatic rings. The van der Waals surface area contributed by atoms with Gasteiger partial charge in [-0.05, 0) is 50.8 Å². The number of nitrogens with one attached hydrogen (secondary N) is 2. The van der Waals surface area contributed by atoms with Gasteiger partial charge in [0.25, 0.3) is 5.78 Å². The first-order chi connectivity index (χ1) is 21.1. The summed E-state index contributed by atoms with van der Waals surface area (Å²) in [5.41, 5.74) is 1.60. The predicted octanol–water partition coefficient (Wildman–Crippen LogP) is 2.21. The maximum Gasteiger partial charge on any atom is 0.376 e. The van der Waals surface area contributed by atoms with E-state index in [1.165, 1.54) is 4.90 Å². The lowest BCUT2D eigenvalue weighted by atomic mass is 9.99. The van der Waals surface area contributed by atoms with Crippen LogP contribution >= 0.6 is 0 Å². The summed E-state index contributed by atoms with van der Waals surface area (Å²) in [6.07, 6.45) is 1.33. The minimum Gasteiger partial charge on any atom is -0.457 e. The van der Waals surface area contributed by atoms with Crippen molar-refractivity contribution in [1.29, 1.82) is 0 Å².